The first-order chi connectivity index (χ1) is 9.18. The molecule has 3 aromatic rings. The van der Waals surface area contributed by atoms with Crippen LogP contribution in [0.4, 0.5) is 0 Å². The average molecular weight is 269 g/mol. The van der Waals surface area contributed by atoms with Gasteiger partial charge in [-0.25, -0.2) is 0 Å². The molecule has 1 N–H and O–H groups in total. The van der Waals surface area contributed by atoms with Crippen molar-refractivity contribution >= 4 is 23.1 Å². The molecule has 0 radical (unpaired) electrons. The lowest BCUT2D eigenvalue weighted by atomic mass is 10.1. The van der Waals surface area contributed by atoms with E-state index in [1.165, 1.54) is 4.57 Å². The minimum Gasteiger partial charge on any atom is -0.331 e. The van der Waals surface area contributed by atoms with Gasteiger partial charge in [0.15, 0.2) is 4.77 Å². The van der Waals surface area contributed by atoms with E-state index in [1.54, 1.807) is 18.5 Å². The molecular weight excluding hydrogens is 258 g/mol. The Balaban J connectivity index is 2.49. The molecular formula is C14H11N3OS. The standard InChI is InChI=1S/C14H11N3OS/c1-9-4-2-6-11-12(9)13(18)17(14(19)16-11)10-5-3-7-15-8-10/h2-8H,1H3,(H,16,19). The number of fused-ring (bicyclic) bond motifs is 1. The first-order valence-corrected chi connectivity index (χ1v) is 6.24. The van der Waals surface area contributed by atoms with Crippen molar-refractivity contribution in [2.45, 2.75) is 6.92 Å². The Morgan fingerprint density at radius 3 is 2.84 bits per heavy atom. The molecule has 0 unspecified atom stereocenters. The minimum atomic E-state index is -0.121. The van der Waals surface area contributed by atoms with Crippen LogP contribution in [-0.2, 0) is 0 Å². The number of nitrogens with zero attached hydrogens (tertiary/aromatic N) is 2. The van der Waals surface area contributed by atoms with E-state index in [0.29, 0.717) is 15.8 Å². The monoisotopic (exact) mass is 269 g/mol. The lowest BCUT2D eigenvalue weighted by Gasteiger charge is -2.08. The molecule has 2 aromatic heterocycles. The summed E-state index contributed by atoms with van der Waals surface area (Å²) in [5.74, 6) is 0. The second-order valence-corrected chi connectivity index (χ2v) is 4.67. The smallest absolute Gasteiger partial charge is 0.267 e. The van der Waals surface area contributed by atoms with Crippen LogP contribution in [0.3, 0.4) is 0 Å². The summed E-state index contributed by atoms with van der Waals surface area (Å²) >= 11 is 5.27. The molecule has 0 aliphatic rings. The molecule has 4 nitrogen and oxygen atoms in total. The van der Waals surface area contributed by atoms with Gasteiger partial charge in [0.05, 0.1) is 22.8 Å². The van der Waals surface area contributed by atoms with E-state index < -0.39 is 0 Å². The van der Waals surface area contributed by atoms with E-state index >= 15 is 0 Å². The molecule has 0 saturated carbocycles. The van der Waals surface area contributed by atoms with E-state index in [4.69, 9.17) is 12.2 Å². The molecule has 0 spiro atoms. The van der Waals surface area contributed by atoms with Crippen molar-refractivity contribution in [3.05, 3.63) is 63.4 Å². The van der Waals surface area contributed by atoms with Crippen LogP contribution in [0.5, 0.6) is 0 Å². The second kappa shape index (κ2) is 4.44. The van der Waals surface area contributed by atoms with Crippen LogP contribution in [0.25, 0.3) is 16.6 Å². The van der Waals surface area contributed by atoms with Crippen molar-refractivity contribution in [3.63, 3.8) is 0 Å². The number of H-pyrrole nitrogens is 1. The Kier molecular flexibility index (Phi) is 2.76. The maximum atomic E-state index is 12.6. The van der Waals surface area contributed by atoms with Gasteiger partial charge in [0.25, 0.3) is 5.56 Å². The van der Waals surface area contributed by atoms with Crippen molar-refractivity contribution in [2.24, 2.45) is 0 Å². The highest BCUT2D eigenvalue weighted by molar-refractivity contribution is 7.71. The highest BCUT2D eigenvalue weighted by atomic mass is 32.1. The number of rotatable bonds is 1. The molecule has 0 saturated heterocycles. The maximum absolute atomic E-state index is 12.6. The fraction of sp³-hybridized carbons (Fsp3) is 0.0714. The Hall–Kier alpha value is -2.27. The summed E-state index contributed by atoms with van der Waals surface area (Å²) < 4.78 is 1.84. The van der Waals surface area contributed by atoms with Gasteiger partial charge in [0.2, 0.25) is 0 Å². The number of hydrogen-bond acceptors (Lipinski definition) is 3. The Labute approximate surface area is 114 Å². The fourth-order valence-corrected chi connectivity index (χ4v) is 2.45. The molecule has 3 rings (SSSR count). The van der Waals surface area contributed by atoms with Crippen LogP contribution >= 0.6 is 12.2 Å². The molecule has 0 bridgehead atoms. The summed E-state index contributed by atoms with van der Waals surface area (Å²) in [4.78, 5) is 19.7. The molecule has 94 valence electrons. The molecule has 19 heavy (non-hydrogen) atoms. The van der Waals surface area contributed by atoms with E-state index in [9.17, 15) is 4.79 Å². The average Bonchev–Trinajstić information content (AvgIpc) is 2.39. The van der Waals surface area contributed by atoms with Gasteiger partial charge in [-0.2, -0.15) is 0 Å². The number of hydrogen-bond donors (Lipinski definition) is 1. The first-order valence-electron chi connectivity index (χ1n) is 5.83. The normalized spacial score (nSPS) is 10.8. The third kappa shape index (κ3) is 1.88. The highest BCUT2D eigenvalue weighted by Gasteiger charge is 2.09. The fourth-order valence-electron chi connectivity index (χ4n) is 2.15. The molecule has 0 atom stereocenters. The van der Waals surface area contributed by atoms with Crippen molar-refractivity contribution in [1.29, 1.82) is 0 Å². The molecule has 5 heteroatoms. The Morgan fingerprint density at radius 2 is 2.11 bits per heavy atom. The van der Waals surface area contributed by atoms with Gasteiger partial charge in [0.1, 0.15) is 0 Å². The lowest BCUT2D eigenvalue weighted by molar-refractivity contribution is 0.930. The van der Waals surface area contributed by atoms with Gasteiger partial charge in [-0.05, 0) is 42.9 Å². The SMILES string of the molecule is Cc1cccc2[nH]c(=S)n(-c3cccnc3)c(=O)c12. The number of benzene rings is 1. The topological polar surface area (TPSA) is 50.7 Å². The predicted octanol–water partition coefficient (Wildman–Crippen LogP) is 2.75. The van der Waals surface area contributed by atoms with Crippen LogP contribution in [0, 0.1) is 11.7 Å². The molecule has 0 aliphatic heterocycles. The summed E-state index contributed by atoms with van der Waals surface area (Å²) in [6, 6.07) is 9.25. The molecule has 0 aliphatic carbocycles. The Bertz CT molecular complexity index is 865. The van der Waals surface area contributed by atoms with Crippen LogP contribution < -0.4 is 5.56 Å². The van der Waals surface area contributed by atoms with Crippen LogP contribution in [-0.4, -0.2) is 14.5 Å². The van der Waals surface area contributed by atoms with E-state index in [1.807, 2.05) is 31.2 Å². The lowest BCUT2D eigenvalue weighted by Crippen LogP contribution is -2.21. The van der Waals surface area contributed by atoms with Gasteiger partial charge in [0, 0.05) is 6.20 Å². The molecule has 0 fully saturated rings. The second-order valence-electron chi connectivity index (χ2n) is 4.28. The van der Waals surface area contributed by atoms with Gasteiger partial charge >= 0.3 is 0 Å². The van der Waals surface area contributed by atoms with Gasteiger partial charge in [-0.15, -0.1) is 0 Å². The van der Waals surface area contributed by atoms with Gasteiger partial charge in [-0.1, -0.05) is 12.1 Å². The third-order valence-electron chi connectivity index (χ3n) is 3.04. The number of nitrogens with one attached hydrogen (secondary N) is 1. The van der Waals surface area contributed by atoms with Crippen LogP contribution in [0.1, 0.15) is 5.56 Å². The van der Waals surface area contributed by atoms with E-state index in [-0.39, 0.29) is 5.56 Å². The number of pyridine rings is 1. The minimum absolute atomic E-state index is 0.121. The maximum Gasteiger partial charge on any atom is 0.267 e. The van der Waals surface area contributed by atoms with E-state index in [2.05, 4.69) is 9.97 Å². The summed E-state index contributed by atoms with van der Waals surface area (Å²) in [7, 11) is 0. The quantitative estimate of drug-likeness (QED) is 0.691. The third-order valence-corrected chi connectivity index (χ3v) is 3.32. The van der Waals surface area contributed by atoms with Crippen molar-refractivity contribution < 1.29 is 0 Å². The zero-order valence-electron chi connectivity index (χ0n) is 10.3. The van der Waals surface area contributed by atoms with Crippen molar-refractivity contribution in [2.75, 3.05) is 0 Å². The summed E-state index contributed by atoms with van der Waals surface area (Å²) in [6.07, 6.45) is 3.28. The van der Waals surface area contributed by atoms with E-state index in [0.717, 1.165) is 11.1 Å². The van der Waals surface area contributed by atoms with Crippen LogP contribution in [0.15, 0.2) is 47.5 Å². The van der Waals surface area contributed by atoms with Crippen LogP contribution in [0.2, 0.25) is 0 Å². The largest absolute Gasteiger partial charge is 0.331 e. The zero-order chi connectivity index (χ0) is 13.4. The Morgan fingerprint density at radius 1 is 1.26 bits per heavy atom. The molecule has 2 heterocycles. The summed E-state index contributed by atoms with van der Waals surface area (Å²) in [6.45, 7) is 1.91. The molecule has 1 aromatic carbocycles. The molecule has 0 amide bonds. The van der Waals surface area contributed by atoms with Crippen molar-refractivity contribution in [3.8, 4) is 5.69 Å². The van der Waals surface area contributed by atoms with Gasteiger partial charge in [-0.3, -0.25) is 14.3 Å². The highest BCUT2D eigenvalue weighted by Crippen LogP contribution is 2.13. The summed E-state index contributed by atoms with van der Waals surface area (Å²) in [5.41, 5.74) is 2.23. The number of aromatic amines is 1. The number of aromatic nitrogens is 3. The zero-order valence-corrected chi connectivity index (χ0v) is 11.1. The van der Waals surface area contributed by atoms with Crippen molar-refractivity contribution in [1.82, 2.24) is 14.5 Å². The van der Waals surface area contributed by atoms with Gasteiger partial charge < -0.3 is 4.98 Å². The predicted molar refractivity (Wildman–Crippen MR) is 77.3 cm³/mol. The number of aryl methyl sites for hydroxylation is 1. The summed E-state index contributed by atoms with van der Waals surface area (Å²) in [5, 5.41) is 0.653. The first kappa shape index (κ1) is 11.8.